The number of carbonyl (C=O) groups excluding carboxylic acids is 1. The highest BCUT2D eigenvalue weighted by molar-refractivity contribution is 5.85. The Morgan fingerprint density at radius 3 is 2.42 bits per heavy atom. The van der Waals surface area contributed by atoms with Crippen LogP contribution in [0.4, 0.5) is 5.69 Å². The second-order valence-electron chi connectivity index (χ2n) is 4.18. The largest absolute Gasteiger partial charge is 0.373 e. The van der Waals surface area contributed by atoms with Crippen LogP contribution < -0.4 is 16.0 Å². The predicted octanol–water partition coefficient (Wildman–Crippen LogP) is 1.68. The molecule has 3 N–H and O–H groups in total. The molecule has 19 heavy (non-hydrogen) atoms. The highest BCUT2D eigenvalue weighted by Crippen LogP contribution is 2.09. The molecule has 0 aliphatic rings. The molecule has 1 atom stereocenters. The molecule has 0 spiro atoms. The predicted molar refractivity (Wildman–Crippen MR) is 85.4 cm³/mol. The number of anilines is 1. The molecule has 0 bridgehead atoms. The Kier molecular flexibility index (Phi) is 11.7. The number of nitrogens with zero attached hydrogens (tertiary/aromatic N) is 1. The first-order valence-corrected chi connectivity index (χ1v) is 5.89. The molecule has 0 aliphatic carbocycles. The summed E-state index contributed by atoms with van der Waals surface area (Å²) in [5, 5.41) is 2.87. The number of carbonyl (C=O) groups is 1. The number of amides is 1. The van der Waals surface area contributed by atoms with Gasteiger partial charge in [-0.1, -0.05) is 25.1 Å². The van der Waals surface area contributed by atoms with Crippen molar-refractivity contribution >= 4 is 36.4 Å². The number of hydrogen-bond donors (Lipinski definition) is 2. The lowest BCUT2D eigenvalue weighted by Crippen LogP contribution is -2.37. The second-order valence-corrected chi connectivity index (χ2v) is 4.18. The summed E-state index contributed by atoms with van der Waals surface area (Å²) in [6.45, 7) is 3.64. The zero-order valence-corrected chi connectivity index (χ0v) is 13.0. The van der Waals surface area contributed by atoms with E-state index in [2.05, 4.69) is 10.2 Å². The fourth-order valence-electron chi connectivity index (χ4n) is 1.44. The normalized spacial score (nSPS) is 10.7. The summed E-state index contributed by atoms with van der Waals surface area (Å²) < 4.78 is 0. The van der Waals surface area contributed by atoms with Gasteiger partial charge in [-0.15, -0.1) is 24.8 Å². The molecule has 0 fully saturated rings. The Morgan fingerprint density at radius 2 is 1.89 bits per heavy atom. The number of nitrogens with one attached hydrogen (secondary N) is 1. The molecular formula is C13H23Cl2N3O. The minimum Gasteiger partial charge on any atom is -0.373 e. The van der Waals surface area contributed by atoms with Crippen LogP contribution in [-0.4, -0.2) is 32.6 Å². The van der Waals surface area contributed by atoms with Gasteiger partial charge in [0.1, 0.15) is 0 Å². The third-order valence-electron chi connectivity index (χ3n) is 2.74. The van der Waals surface area contributed by atoms with E-state index in [-0.39, 0.29) is 36.6 Å². The first-order valence-electron chi connectivity index (χ1n) is 5.89. The second kappa shape index (κ2) is 10.9. The molecule has 4 nitrogen and oxygen atoms in total. The lowest BCUT2D eigenvalue weighted by atomic mass is 10.2. The van der Waals surface area contributed by atoms with Crippen molar-refractivity contribution in [3.05, 3.63) is 30.3 Å². The molecule has 1 rings (SSSR count). The van der Waals surface area contributed by atoms with Gasteiger partial charge in [0.25, 0.3) is 0 Å². The monoisotopic (exact) mass is 307 g/mol. The Hall–Kier alpha value is -0.970. The first kappa shape index (κ1) is 20.3. The summed E-state index contributed by atoms with van der Waals surface area (Å²) in [7, 11) is 2.01. The van der Waals surface area contributed by atoms with Crippen molar-refractivity contribution < 1.29 is 4.79 Å². The quantitative estimate of drug-likeness (QED) is 0.840. The molecule has 110 valence electrons. The molecule has 1 unspecified atom stereocenters. The van der Waals surface area contributed by atoms with Crippen LogP contribution in [0.1, 0.15) is 6.92 Å². The molecule has 1 aromatic rings. The molecule has 6 heteroatoms. The fraction of sp³-hybridized carbons (Fsp3) is 0.462. The number of benzene rings is 1. The average molecular weight is 308 g/mol. The van der Waals surface area contributed by atoms with Gasteiger partial charge >= 0.3 is 0 Å². The van der Waals surface area contributed by atoms with Crippen molar-refractivity contribution in [1.82, 2.24) is 5.32 Å². The van der Waals surface area contributed by atoms with E-state index in [1.54, 1.807) is 0 Å². The van der Waals surface area contributed by atoms with Gasteiger partial charge in [0.2, 0.25) is 5.91 Å². The number of likely N-dealkylation sites (N-methyl/N-ethyl adjacent to an activating group) is 1. The molecule has 0 aliphatic heterocycles. The maximum absolute atomic E-state index is 11.5. The number of nitrogens with two attached hydrogens (primary N) is 1. The lowest BCUT2D eigenvalue weighted by molar-refractivity contribution is -0.124. The van der Waals surface area contributed by atoms with Crippen LogP contribution in [0, 0.1) is 5.92 Å². The Balaban J connectivity index is 0. The summed E-state index contributed by atoms with van der Waals surface area (Å²) in [6.07, 6.45) is 0. The van der Waals surface area contributed by atoms with Crippen LogP contribution in [0.3, 0.4) is 0 Å². The molecule has 0 heterocycles. The third-order valence-corrected chi connectivity index (χ3v) is 2.74. The number of rotatable bonds is 6. The van der Waals surface area contributed by atoms with Crippen LogP contribution in [0.25, 0.3) is 0 Å². The summed E-state index contributed by atoms with van der Waals surface area (Å²) in [5.74, 6) is -0.0917. The van der Waals surface area contributed by atoms with Crippen LogP contribution >= 0.6 is 24.8 Å². The van der Waals surface area contributed by atoms with Gasteiger partial charge in [-0.2, -0.15) is 0 Å². The van der Waals surface area contributed by atoms with E-state index in [0.29, 0.717) is 13.1 Å². The number of hydrogen-bond acceptors (Lipinski definition) is 3. The van der Waals surface area contributed by atoms with E-state index in [0.717, 1.165) is 12.2 Å². The Morgan fingerprint density at radius 1 is 1.32 bits per heavy atom. The van der Waals surface area contributed by atoms with Crippen molar-refractivity contribution in [1.29, 1.82) is 0 Å². The van der Waals surface area contributed by atoms with Gasteiger partial charge in [-0.3, -0.25) is 4.79 Å². The van der Waals surface area contributed by atoms with Gasteiger partial charge in [-0.25, -0.2) is 0 Å². The van der Waals surface area contributed by atoms with E-state index >= 15 is 0 Å². The van der Waals surface area contributed by atoms with E-state index in [4.69, 9.17) is 5.73 Å². The molecule has 0 saturated heterocycles. The standard InChI is InChI=1S/C13H21N3O.2ClH/c1-11(10-14)13(17)15-8-9-16(2)12-6-4-3-5-7-12;;/h3-7,11H,8-10,14H2,1-2H3,(H,15,17);2*1H. The van der Waals surface area contributed by atoms with Gasteiger partial charge in [-0.05, 0) is 12.1 Å². The summed E-state index contributed by atoms with van der Waals surface area (Å²) in [4.78, 5) is 13.6. The maximum atomic E-state index is 11.5. The lowest BCUT2D eigenvalue weighted by Gasteiger charge is -2.20. The van der Waals surface area contributed by atoms with E-state index in [9.17, 15) is 4.79 Å². The van der Waals surface area contributed by atoms with E-state index < -0.39 is 0 Å². The van der Waals surface area contributed by atoms with Crippen LogP contribution in [0.5, 0.6) is 0 Å². The van der Waals surface area contributed by atoms with Crippen molar-refractivity contribution in [2.75, 3.05) is 31.6 Å². The van der Waals surface area contributed by atoms with Gasteiger partial charge in [0.05, 0.1) is 0 Å². The summed E-state index contributed by atoms with van der Waals surface area (Å²) >= 11 is 0. The molecular weight excluding hydrogens is 285 g/mol. The molecule has 0 aromatic heterocycles. The molecule has 1 aromatic carbocycles. The minimum atomic E-state index is -0.114. The maximum Gasteiger partial charge on any atom is 0.224 e. The third kappa shape index (κ3) is 7.25. The minimum absolute atomic E-state index is 0. The van der Waals surface area contributed by atoms with Crippen molar-refractivity contribution in [2.24, 2.45) is 11.7 Å². The summed E-state index contributed by atoms with van der Waals surface area (Å²) in [5.41, 5.74) is 6.57. The molecule has 1 amide bonds. The summed E-state index contributed by atoms with van der Waals surface area (Å²) in [6, 6.07) is 10.1. The van der Waals surface area contributed by atoms with Crippen LogP contribution in [0.2, 0.25) is 0 Å². The highest BCUT2D eigenvalue weighted by atomic mass is 35.5. The van der Waals surface area contributed by atoms with Crippen molar-refractivity contribution in [3.8, 4) is 0 Å². The molecule has 0 radical (unpaired) electrons. The van der Waals surface area contributed by atoms with Crippen LogP contribution in [0.15, 0.2) is 30.3 Å². The Labute approximate surface area is 127 Å². The van der Waals surface area contributed by atoms with Gasteiger partial charge in [0, 0.05) is 38.3 Å². The van der Waals surface area contributed by atoms with Crippen LogP contribution in [-0.2, 0) is 4.79 Å². The van der Waals surface area contributed by atoms with E-state index in [1.807, 2.05) is 44.3 Å². The number of para-hydroxylation sites is 1. The van der Waals surface area contributed by atoms with E-state index in [1.165, 1.54) is 0 Å². The highest BCUT2D eigenvalue weighted by Gasteiger charge is 2.09. The fourth-order valence-corrected chi connectivity index (χ4v) is 1.44. The first-order chi connectivity index (χ1) is 8.15. The zero-order valence-electron chi connectivity index (χ0n) is 11.3. The van der Waals surface area contributed by atoms with Gasteiger partial charge in [0.15, 0.2) is 0 Å². The molecule has 0 saturated carbocycles. The zero-order chi connectivity index (χ0) is 12.7. The van der Waals surface area contributed by atoms with Crippen molar-refractivity contribution in [2.45, 2.75) is 6.92 Å². The smallest absolute Gasteiger partial charge is 0.224 e. The SMILES string of the molecule is CC(CN)C(=O)NCCN(C)c1ccccc1.Cl.Cl. The number of halogens is 2. The topological polar surface area (TPSA) is 58.4 Å². The average Bonchev–Trinajstić information content (AvgIpc) is 2.38. The Bertz CT molecular complexity index is 349. The van der Waals surface area contributed by atoms with Crippen molar-refractivity contribution in [3.63, 3.8) is 0 Å². The van der Waals surface area contributed by atoms with Gasteiger partial charge < -0.3 is 16.0 Å².